The first-order chi connectivity index (χ1) is 12.7. The molecule has 0 fully saturated rings. The number of anilines is 1. The van der Waals surface area contributed by atoms with E-state index in [-0.39, 0.29) is 6.54 Å². The molecular formula is C21H23N3OS. The average molecular weight is 366 g/mol. The highest BCUT2D eigenvalue weighted by Gasteiger charge is 2.14. The van der Waals surface area contributed by atoms with E-state index < -0.39 is 6.10 Å². The second-order valence-corrected chi connectivity index (χ2v) is 7.82. The van der Waals surface area contributed by atoms with E-state index in [9.17, 15) is 5.11 Å². The third kappa shape index (κ3) is 3.59. The Morgan fingerprint density at radius 3 is 2.88 bits per heavy atom. The molecule has 3 aromatic rings. The van der Waals surface area contributed by atoms with Gasteiger partial charge in [-0.1, -0.05) is 30.3 Å². The fraction of sp³-hybridized carbons (Fsp3) is 0.286. The van der Waals surface area contributed by atoms with Crippen molar-refractivity contribution in [1.29, 1.82) is 0 Å². The number of hydrogen-bond acceptors (Lipinski definition) is 3. The monoisotopic (exact) mass is 365 g/mol. The van der Waals surface area contributed by atoms with Crippen LogP contribution in [0.4, 0.5) is 5.69 Å². The molecule has 0 radical (unpaired) electrons. The SMILES string of the molecule is NC(=NCC(O)c1cc2ccccc2s1)Nc1cccc2c1CCCC2. The van der Waals surface area contributed by atoms with Crippen molar-refractivity contribution in [2.75, 3.05) is 11.9 Å². The van der Waals surface area contributed by atoms with Crippen molar-refractivity contribution < 1.29 is 5.11 Å². The van der Waals surface area contributed by atoms with Crippen molar-refractivity contribution in [3.8, 4) is 0 Å². The molecule has 134 valence electrons. The first-order valence-corrected chi connectivity index (χ1v) is 9.86. The summed E-state index contributed by atoms with van der Waals surface area (Å²) in [7, 11) is 0. The maximum atomic E-state index is 10.4. The van der Waals surface area contributed by atoms with Crippen molar-refractivity contribution in [3.63, 3.8) is 0 Å². The van der Waals surface area contributed by atoms with Crippen LogP contribution in [0.2, 0.25) is 0 Å². The van der Waals surface area contributed by atoms with Gasteiger partial charge in [0.05, 0.1) is 6.54 Å². The Hall–Kier alpha value is -2.37. The fourth-order valence-electron chi connectivity index (χ4n) is 3.52. The first-order valence-electron chi connectivity index (χ1n) is 9.05. The number of aliphatic imine (C=N–C) groups is 1. The van der Waals surface area contributed by atoms with Crippen LogP contribution in [0.5, 0.6) is 0 Å². The fourth-order valence-corrected chi connectivity index (χ4v) is 4.56. The molecule has 1 aliphatic carbocycles. The number of nitrogens with zero attached hydrogens (tertiary/aromatic N) is 1. The van der Waals surface area contributed by atoms with E-state index in [2.05, 4.69) is 40.6 Å². The van der Waals surface area contributed by atoms with Gasteiger partial charge in [-0.15, -0.1) is 11.3 Å². The molecule has 0 spiro atoms. The van der Waals surface area contributed by atoms with Crippen molar-refractivity contribution >= 4 is 33.1 Å². The number of rotatable bonds is 4. The van der Waals surface area contributed by atoms with E-state index in [1.165, 1.54) is 28.7 Å². The van der Waals surface area contributed by atoms with Gasteiger partial charge in [-0.05, 0) is 60.4 Å². The highest BCUT2D eigenvalue weighted by atomic mass is 32.1. The number of aliphatic hydroxyl groups excluding tert-OH is 1. The molecule has 5 heteroatoms. The van der Waals surface area contributed by atoms with Crippen LogP contribution < -0.4 is 11.1 Å². The molecule has 1 heterocycles. The molecule has 0 aliphatic heterocycles. The molecule has 4 nitrogen and oxygen atoms in total. The number of nitrogens with one attached hydrogen (secondary N) is 1. The van der Waals surface area contributed by atoms with Gasteiger partial charge in [-0.3, -0.25) is 4.99 Å². The van der Waals surface area contributed by atoms with Crippen LogP contribution in [0.15, 0.2) is 53.5 Å². The van der Waals surface area contributed by atoms with E-state index in [4.69, 9.17) is 5.73 Å². The first kappa shape index (κ1) is 17.1. The normalized spacial score (nSPS) is 15.7. The topological polar surface area (TPSA) is 70.6 Å². The zero-order valence-electron chi connectivity index (χ0n) is 14.6. The van der Waals surface area contributed by atoms with Gasteiger partial charge in [0.25, 0.3) is 0 Å². The Morgan fingerprint density at radius 1 is 1.15 bits per heavy atom. The number of aryl methyl sites for hydroxylation is 1. The number of guanidine groups is 1. The van der Waals surface area contributed by atoms with Crippen molar-refractivity contribution in [2.24, 2.45) is 10.7 Å². The molecule has 1 unspecified atom stereocenters. The predicted molar refractivity (Wildman–Crippen MR) is 110 cm³/mol. The van der Waals surface area contributed by atoms with Gasteiger partial charge in [0.15, 0.2) is 5.96 Å². The minimum absolute atomic E-state index is 0.251. The van der Waals surface area contributed by atoms with Gasteiger partial charge in [0.1, 0.15) is 6.10 Å². The number of thiophene rings is 1. The summed E-state index contributed by atoms with van der Waals surface area (Å²) in [5, 5.41) is 14.8. The van der Waals surface area contributed by atoms with Crippen molar-refractivity contribution in [1.82, 2.24) is 0 Å². The number of nitrogens with two attached hydrogens (primary N) is 1. The minimum Gasteiger partial charge on any atom is -0.386 e. The van der Waals surface area contributed by atoms with Crippen LogP contribution in [0.1, 0.15) is 34.9 Å². The highest BCUT2D eigenvalue weighted by molar-refractivity contribution is 7.19. The Balaban J connectivity index is 1.45. The van der Waals surface area contributed by atoms with Gasteiger partial charge in [0, 0.05) is 15.3 Å². The van der Waals surface area contributed by atoms with Crippen LogP contribution in [0.25, 0.3) is 10.1 Å². The summed E-state index contributed by atoms with van der Waals surface area (Å²) in [6.07, 6.45) is 4.04. The number of fused-ring (bicyclic) bond motifs is 2. The molecule has 0 amide bonds. The summed E-state index contributed by atoms with van der Waals surface area (Å²) >= 11 is 1.60. The molecule has 0 bridgehead atoms. The molecule has 4 rings (SSSR count). The zero-order chi connectivity index (χ0) is 17.9. The van der Waals surface area contributed by atoms with Crippen LogP contribution in [-0.4, -0.2) is 17.6 Å². The average Bonchev–Trinajstić information content (AvgIpc) is 3.11. The molecule has 4 N–H and O–H groups in total. The summed E-state index contributed by atoms with van der Waals surface area (Å²) in [6.45, 7) is 0.251. The highest BCUT2D eigenvalue weighted by Crippen LogP contribution is 2.30. The van der Waals surface area contributed by atoms with Crippen LogP contribution in [0, 0.1) is 0 Å². The van der Waals surface area contributed by atoms with E-state index >= 15 is 0 Å². The lowest BCUT2D eigenvalue weighted by Crippen LogP contribution is -2.25. The third-order valence-electron chi connectivity index (χ3n) is 4.87. The lowest BCUT2D eigenvalue weighted by Gasteiger charge is -2.20. The molecule has 1 atom stereocenters. The van der Waals surface area contributed by atoms with E-state index in [0.717, 1.165) is 28.8 Å². The predicted octanol–water partition coefficient (Wildman–Crippen LogP) is 4.24. The van der Waals surface area contributed by atoms with Gasteiger partial charge in [-0.25, -0.2) is 0 Å². The number of aliphatic hydroxyl groups is 1. The largest absolute Gasteiger partial charge is 0.386 e. The lowest BCUT2D eigenvalue weighted by atomic mass is 9.90. The van der Waals surface area contributed by atoms with Crippen LogP contribution in [-0.2, 0) is 12.8 Å². The lowest BCUT2D eigenvalue weighted by molar-refractivity contribution is 0.191. The van der Waals surface area contributed by atoms with Gasteiger partial charge >= 0.3 is 0 Å². The molecule has 1 aliphatic rings. The van der Waals surface area contributed by atoms with Crippen molar-refractivity contribution in [2.45, 2.75) is 31.8 Å². The maximum absolute atomic E-state index is 10.4. The molecule has 1 aromatic heterocycles. The van der Waals surface area contributed by atoms with Gasteiger partial charge in [0.2, 0.25) is 0 Å². The Bertz CT molecular complexity index is 914. The summed E-state index contributed by atoms with van der Waals surface area (Å²) in [5.41, 5.74) is 9.86. The Labute approximate surface area is 157 Å². The summed E-state index contributed by atoms with van der Waals surface area (Å²) < 4.78 is 1.17. The maximum Gasteiger partial charge on any atom is 0.193 e. The quantitative estimate of drug-likeness (QED) is 0.478. The van der Waals surface area contributed by atoms with Gasteiger partial charge < -0.3 is 16.2 Å². The van der Waals surface area contributed by atoms with Crippen LogP contribution >= 0.6 is 11.3 Å². The standard InChI is InChI=1S/C21H23N3OS/c22-21(24-17-10-5-8-14-6-1-3-9-16(14)17)23-13-18(25)20-12-15-7-2-4-11-19(15)26-20/h2,4-5,7-8,10-12,18,25H,1,3,6,9,13H2,(H3,22,23,24). The third-order valence-corrected chi connectivity index (χ3v) is 6.08. The summed E-state index contributed by atoms with van der Waals surface area (Å²) in [5.74, 6) is 0.351. The summed E-state index contributed by atoms with van der Waals surface area (Å²) in [6, 6.07) is 16.5. The molecule has 0 saturated carbocycles. The van der Waals surface area contributed by atoms with E-state index in [1.807, 2.05) is 18.2 Å². The zero-order valence-corrected chi connectivity index (χ0v) is 15.4. The minimum atomic E-state index is -0.641. The molecule has 26 heavy (non-hydrogen) atoms. The van der Waals surface area contributed by atoms with E-state index in [1.54, 1.807) is 11.3 Å². The molecular weight excluding hydrogens is 342 g/mol. The second kappa shape index (κ2) is 7.48. The number of benzene rings is 2. The summed E-state index contributed by atoms with van der Waals surface area (Å²) in [4.78, 5) is 5.27. The Morgan fingerprint density at radius 2 is 2.00 bits per heavy atom. The smallest absolute Gasteiger partial charge is 0.193 e. The van der Waals surface area contributed by atoms with Gasteiger partial charge in [-0.2, -0.15) is 0 Å². The van der Waals surface area contributed by atoms with Crippen LogP contribution in [0.3, 0.4) is 0 Å². The van der Waals surface area contributed by atoms with Crippen molar-refractivity contribution in [3.05, 3.63) is 64.5 Å². The molecule has 0 saturated heterocycles. The van der Waals surface area contributed by atoms with E-state index in [0.29, 0.717) is 5.96 Å². The molecule has 2 aromatic carbocycles. The Kier molecular flexibility index (Phi) is 4.91. The second-order valence-electron chi connectivity index (χ2n) is 6.70. The number of hydrogen-bond donors (Lipinski definition) is 3.